The molecule has 1 unspecified atom stereocenters. The third-order valence-electron chi connectivity index (χ3n) is 4.79. The third kappa shape index (κ3) is 4.71. The topological polar surface area (TPSA) is 69.7 Å². The Hall–Kier alpha value is -3.49. The van der Waals surface area contributed by atoms with E-state index in [-0.39, 0.29) is 5.75 Å². The van der Waals surface area contributed by atoms with Crippen molar-refractivity contribution in [2.24, 2.45) is 0 Å². The lowest BCUT2D eigenvalue weighted by molar-refractivity contribution is 0.355. The van der Waals surface area contributed by atoms with E-state index in [0.717, 1.165) is 5.56 Å². The van der Waals surface area contributed by atoms with E-state index in [1.54, 1.807) is 37.6 Å². The van der Waals surface area contributed by atoms with Crippen LogP contribution in [0.4, 0.5) is 4.39 Å². The average Bonchev–Trinajstić information content (AvgIpc) is 2.83. The molecule has 8 heteroatoms. The number of nitrogens with one attached hydrogen (secondary N) is 1. The smallest absolute Gasteiger partial charge is 0.166 e. The van der Waals surface area contributed by atoms with Crippen LogP contribution in [0.25, 0.3) is 10.9 Å². The molecule has 1 aromatic heterocycles. The molecular formula is C24H21FN2O4S. The highest BCUT2D eigenvalue weighted by atomic mass is 32.2. The molecule has 1 N–H and O–H groups in total. The van der Waals surface area contributed by atoms with Gasteiger partial charge >= 0.3 is 0 Å². The number of hydrogen-bond acceptors (Lipinski definition) is 5. The molecule has 6 nitrogen and oxygen atoms in total. The number of nitrogens with zero attached hydrogens (tertiary/aromatic N) is 1. The Morgan fingerprint density at radius 2 is 1.66 bits per heavy atom. The van der Waals surface area contributed by atoms with Gasteiger partial charge in [-0.05, 0) is 35.9 Å². The molecule has 0 aliphatic carbocycles. The summed E-state index contributed by atoms with van der Waals surface area (Å²) in [6.07, 6.45) is 1.57. The minimum absolute atomic E-state index is 0.0103. The number of hydrogen-bond donors (Lipinski definition) is 1. The number of fused-ring (bicyclic) bond motifs is 1. The van der Waals surface area contributed by atoms with Gasteiger partial charge in [-0.2, -0.15) is 0 Å². The van der Waals surface area contributed by atoms with E-state index in [0.29, 0.717) is 39.6 Å². The summed E-state index contributed by atoms with van der Waals surface area (Å²) in [5.74, 6) is 0.837. The molecule has 0 aliphatic rings. The Bertz CT molecular complexity index is 1270. The van der Waals surface area contributed by atoms with Crippen LogP contribution in [0.3, 0.4) is 0 Å². The predicted molar refractivity (Wildman–Crippen MR) is 121 cm³/mol. The summed E-state index contributed by atoms with van der Waals surface area (Å²) >= 11 is 0. The van der Waals surface area contributed by atoms with Gasteiger partial charge in [-0.25, -0.2) is 13.3 Å². The monoisotopic (exact) mass is 452 g/mol. The first-order valence-electron chi connectivity index (χ1n) is 9.76. The maximum Gasteiger partial charge on any atom is 0.166 e. The van der Waals surface area contributed by atoms with Crippen LogP contribution in [0.15, 0.2) is 77.8 Å². The van der Waals surface area contributed by atoms with Gasteiger partial charge in [-0.15, -0.1) is 0 Å². The number of rotatable bonds is 8. The molecule has 0 radical (unpaired) electrons. The Morgan fingerprint density at radius 3 is 2.38 bits per heavy atom. The van der Waals surface area contributed by atoms with Crippen molar-refractivity contribution in [3.63, 3.8) is 0 Å². The Labute approximate surface area is 187 Å². The number of benzene rings is 3. The summed E-state index contributed by atoms with van der Waals surface area (Å²) in [4.78, 5) is 4.63. The van der Waals surface area contributed by atoms with E-state index in [9.17, 15) is 8.60 Å². The predicted octanol–water partition coefficient (Wildman–Crippen LogP) is 5.00. The Balaban J connectivity index is 1.55. The molecule has 0 saturated heterocycles. The van der Waals surface area contributed by atoms with Gasteiger partial charge < -0.3 is 14.2 Å². The maximum absolute atomic E-state index is 14.8. The van der Waals surface area contributed by atoms with E-state index in [1.807, 2.05) is 30.3 Å². The molecule has 0 saturated carbocycles. The number of halogens is 1. The van der Waals surface area contributed by atoms with Gasteiger partial charge in [0.15, 0.2) is 23.1 Å². The Kier molecular flexibility index (Phi) is 6.63. The van der Waals surface area contributed by atoms with Crippen molar-refractivity contribution in [2.75, 3.05) is 14.2 Å². The minimum atomic E-state index is -1.57. The molecule has 0 fully saturated rings. The van der Waals surface area contributed by atoms with Crippen molar-refractivity contribution < 1.29 is 22.8 Å². The average molecular weight is 453 g/mol. The lowest BCUT2D eigenvalue weighted by atomic mass is 10.2. The zero-order valence-corrected chi connectivity index (χ0v) is 18.3. The van der Waals surface area contributed by atoms with Crippen molar-refractivity contribution >= 4 is 21.9 Å². The summed E-state index contributed by atoms with van der Waals surface area (Å²) in [6, 6.07) is 18.9. The molecule has 0 bridgehead atoms. The molecule has 0 spiro atoms. The molecule has 3 aromatic carbocycles. The van der Waals surface area contributed by atoms with E-state index in [4.69, 9.17) is 14.2 Å². The normalized spacial score (nSPS) is 11.8. The number of methoxy groups -OCH3 is 2. The molecule has 4 rings (SSSR count). The molecule has 0 amide bonds. The largest absolute Gasteiger partial charge is 0.493 e. The van der Waals surface area contributed by atoms with Crippen LogP contribution in [0.5, 0.6) is 23.0 Å². The van der Waals surface area contributed by atoms with Crippen molar-refractivity contribution in [1.29, 1.82) is 0 Å². The van der Waals surface area contributed by atoms with Crippen molar-refractivity contribution in [3.8, 4) is 23.0 Å². The van der Waals surface area contributed by atoms with E-state index in [2.05, 4.69) is 9.71 Å². The molecule has 0 aliphatic heterocycles. The standard InChI is InChI=1S/C24H21FN2O4S/c1-29-23-13-18-20(14-24(23)30-2)26-11-10-21(18)31-22-9-8-17(12-19(22)25)32(28)27-15-16-6-4-3-5-7-16/h3-14,27H,15H2,1-2H3. The van der Waals surface area contributed by atoms with Crippen LogP contribution in [0.2, 0.25) is 0 Å². The third-order valence-corrected chi connectivity index (χ3v) is 5.88. The van der Waals surface area contributed by atoms with E-state index < -0.39 is 16.8 Å². The zero-order chi connectivity index (χ0) is 22.5. The van der Waals surface area contributed by atoms with Crippen molar-refractivity contribution in [2.45, 2.75) is 11.4 Å². The van der Waals surface area contributed by atoms with Gasteiger partial charge in [0.1, 0.15) is 16.7 Å². The summed E-state index contributed by atoms with van der Waals surface area (Å²) in [5, 5.41) is 0.640. The first-order valence-corrected chi connectivity index (χ1v) is 10.9. The molecule has 4 aromatic rings. The SMILES string of the molecule is COc1cc2nccc(Oc3ccc(S(=O)NCc4ccccc4)cc3F)c2cc1OC. The quantitative estimate of drug-likeness (QED) is 0.408. The van der Waals surface area contributed by atoms with Crippen LogP contribution in [0.1, 0.15) is 5.56 Å². The van der Waals surface area contributed by atoms with Gasteiger partial charge in [0, 0.05) is 24.2 Å². The highest BCUT2D eigenvalue weighted by Gasteiger charge is 2.14. The second-order valence-electron chi connectivity index (χ2n) is 6.80. The van der Waals surface area contributed by atoms with Crippen LogP contribution in [-0.4, -0.2) is 23.4 Å². The second kappa shape index (κ2) is 9.76. The van der Waals surface area contributed by atoms with Gasteiger partial charge in [0.25, 0.3) is 0 Å². The first-order chi connectivity index (χ1) is 15.6. The van der Waals surface area contributed by atoms with Gasteiger partial charge in [-0.3, -0.25) is 4.98 Å². The molecule has 1 heterocycles. The summed E-state index contributed by atoms with van der Waals surface area (Å²) in [7, 11) is 1.51. The van der Waals surface area contributed by atoms with Gasteiger partial charge in [0.05, 0.1) is 24.6 Å². The summed E-state index contributed by atoms with van der Waals surface area (Å²) in [6.45, 7) is 0.404. The first kappa shape index (κ1) is 21.7. The lowest BCUT2D eigenvalue weighted by Crippen LogP contribution is -2.16. The lowest BCUT2D eigenvalue weighted by Gasteiger charge is -2.13. The fraction of sp³-hybridized carbons (Fsp3) is 0.125. The zero-order valence-electron chi connectivity index (χ0n) is 17.5. The highest BCUT2D eigenvalue weighted by molar-refractivity contribution is 7.83. The van der Waals surface area contributed by atoms with Crippen molar-refractivity contribution in [1.82, 2.24) is 9.71 Å². The summed E-state index contributed by atoms with van der Waals surface area (Å²) < 4.78 is 46.7. The second-order valence-corrected chi connectivity index (χ2v) is 8.10. The van der Waals surface area contributed by atoms with Gasteiger partial charge in [-0.1, -0.05) is 30.3 Å². The highest BCUT2D eigenvalue weighted by Crippen LogP contribution is 2.37. The number of pyridine rings is 1. The van der Waals surface area contributed by atoms with Crippen LogP contribution in [-0.2, 0) is 17.5 Å². The maximum atomic E-state index is 14.8. The molecular weight excluding hydrogens is 431 g/mol. The molecule has 1 atom stereocenters. The van der Waals surface area contributed by atoms with E-state index >= 15 is 0 Å². The van der Waals surface area contributed by atoms with E-state index in [1.165, 1.54) is 19.2 Å². The Morgan fingerprint density at radius 1 is 0.906 bits per heavy atom. The number of ether oxygens (including phenoxy) is 3. The summed E-state index contributed by atoms with van der Waals surface area (Å²) in [5.41, 5.74) is 1.60. The minimum Gasteiger partial charge on any atom is -0.493 e. The van der Waals surface area contributed by atoms with Crippen molar-refractivity contribution in [3.05, 3.63) is 84.3 Å². The van der Waals surface area contributed by atoms with Crippen LogP contribution in [0, 0.1) is 5.82 Å². The fourth-order valence-electron chi connectivity index (χ4n) is 3.16. The molecule has 32 heavy (non-hydrogen) atoms. The van der Waals surface area contributed by atoms with Crippen LogP contribution >= 0.6 is 0 Å². The number of aromatic nitrogens is 1. The van der Waals surface area contributed by atoms with Gasteiger partial charge in [0.2, 0.25) is 0 Å². The van der Waals surface area contributed by atoms with Crippen LogP contribution < -0.4 is 18.9 Å². The fourth-order valence-corrected chi connectivity index (χ4v) is 4.03. The molecule has 164 valence electrons.